The second-order valence-corrected chi connectivity index (χ2v) is 4.34. The Balaban J connectivity index is 2.06. The summed E-state index contributed by atoms with van der Waals surface area (Å²) < 4.78 is 27.1. The number of hydrogen-bond acceptors (Lipinski definition) is 4. The predicted molar refractivity (Wildman–Crippen MR) is 72.9 cm³/mol. The molecule has 2 rings (SSSR count). The third-order valence-electron chi connectivity index (χ3n) is 2.91. The quantitative estimate of drug-likeness (QED) is 0.656. The molecule has 0 heterocycles. The Morgan fingerprint density at radius 1 is 1.19 bits per heavy atom. The number of non-ortho nitro benzene ring substituents is 1. The van der Waals surface area contributed by atoms with Crippen molar-refractivity contribution in [3.8, 4) is 0 Å². The van der Waals surface area contributed by atoms with Crippen molar-refractivity contribution >= 4 is 11.4 Å². The number of nitro benzene ring substituents is 1. The molecule has 0 aromatic heterocycles. The molecule has 2 N–H and O–H groups in total. The maximum atomic E-state index is 13.6. The molecule has 2 aromatic carbocycles. The fourth-order valence-corrected chi connectivity index (χ4v) is 1.82. The summed E-state index contributed by atoms with van der Waals surface area (Å²) in [4.78, 5) is 9.78. The highest BCUT2D eigenvalue weighted by molar-refractivity contribution is 5.50. The number of hydrogen-bond donors (Lipinski definition) is 2. The lowest BCUT2D eigenvalue weighted by molar-refractivity contribution is -0.385. The van der Waals surface area contributed by atoms with E-state index in [4.69, 9.17) is 0 Å². The molecule has 0 saturated carbocycles. The van der Waals surface area contributed by atoms with E-state index in [0.717, 1.165) is 12.1 Å². The Morgan fingerprint density at radius 3 is 2.52 bits per heavy atom. The Labute approximate surface area is 119 Å². The second kappa shape index (κ2) is 6.27. The van der Waals surface area contributed by atoms with Gasteiger partial charge in [0.15, 0.2) is 5.82 Å². The van der Waals surface area contributed by atoms with Gasteiger partial charge in [-0.2, -0.15) is 0 Å². The minimum absolute atomic E-state index is 0.00371. The zero-order valence-corrected chi connectivity index (χ0v) is 10.8. The number of benzene rings is 2. The molecule has 1 unspecified atom stereocenters. The minimum atomic E-state index is -1.17. The van der Waals surface area contributed by atoms with Gasteiger partial charge in [0, 0.05) is 18.2 Å². The number of nitrogens with zero attached hydrogens (tertiary/aromatic N) is 1. The number of rotatable bonds is 5. The standard InChI is InChI=1S/C14H12F2N2O3/c15-11-4-2-1-3-10(11)14(19)8-17-13-6-5-9(18(20)21)7-12(13)16/h1-7,14,17,19H,8H2. The van der Waals surface area contributed by atoms with Crippen molar-refractivity contribution in [2.24, 2.45) is 0 Å². The van der Waals surface area contributed by atoms with Gasteiger partial charge in [-0.1, -0.05) is 18.2 Å². The largest absolute Gasteiger partial charge is 0.386 e. The molecule has 5 nitrogen and oxygen atoms in total. The van der Waals surface area contributed by atoms with Crippen LogP contribution in [0.2, 0.25) is 0 Å². The van der Waals surface area contributed by atoms with Gasteiger partial charge in [-0.05, 0) is 12.1 Å². The average molecular weight is 294 g/mol. The highest BCUT2D eigenvalue weighted by atomic mass is 19.1. The van der Waals surface area contributed by atoms with E-state index < -0.39 is 22.7 Å². The van der Waals surface area contributed by atoms with Crippen LogP contribution < -0.4 is 5.32 Å². The molecule has 0 fully saturated rings. The van der Waals surface area contributed by atoms with Crippen LogP contribution in [0, 0.1) is 21.7 Å². The van der Waals surface area contributed by atoms with Crippen LogP contribution in [0.25, 0.3) is 0 Å². The van der Waals surface area contributed by atoms with Crippen LogP contribution in [0.4, 0.5) is 20.2 Å². The highest BCUT2D eigenvalue weighted by Crippen LogP contribution is 2.22. The van der Waals surface area contributed by atoms with Crippen LogP contribution in [0.3, 0.4) is 0 Å². The molecule has 0 amide bonds. The third kappa shape index (κ3) is 3.51. The second-order valence-electron chi connectivity index (χ2n) is 4.34. The molecular formula is C14H12F2N2O3. The van der Waals surface area contributed by atoms with Crippen molar-refractivity contribution in [3.63, 3.8) is 0 Å². The van der Waals surface area contributed by atoms with Gasteiger partial charge in [0.2, 0.25) is 0 Å². The zero-order valence-electron chi connectivity index (χ0n) is 10.8. The zero-order chi connectivity index (χ0) is 15.4. The van der Waals surface area contributed by atoms with Crippen LogP contribution in [-0.4, -0.2) is 16.6 Å². The Hall–Kier alpha value is -2.54. The molecule has 0 bridgehead atoms. The van der Waals surface area contributed by atoms with Gasteiger partial charge in [-0.3, -0.25) is 10.1 Å². The minimum Gasteiger partial charge on any atom is -0.386 e. The lowest BCUT2D eigenvalue weighted by atomic mass is 10.1. The first-order valence-corrected chi connectivity index (χ1v) is 6.09. The first-order chi connectivity index (χ1) is 9.99. The van der Waals surface area contributed by atoms with Crippen molar-refractivity contribution in [1.29, 1.82) is 0 Å². The molecule has 0 radical (unpaired) electrons. The number of nitrogens with one attached hydrogen (secondary N) is 1. The van der Waals surface area contributed by atoms with Gasteiger partial charge in [0.05, 0.1) is 22.8 Å². The van der Waals surface area contributed by atoms with Gasteiger partial charge in [-0.15, -0.1) is 0 Å². The fraction of sp³-hybridized carbons (Fsp3) is 0.143. The van der Waals surface area contributed by atoms with Gasteiger partial charge in [-0.25, -0.2) is 8.78 Å². The van der Waals surface area contributed by atoms with Crippen LogP contribution >= 0.6 is 0 Å². The van der Waals surface area contributed by atoms with Gasteiger partial charge >= 0.3 is 0 Å². The third-order valence-corrected chi connectivity index (χ3v) is 2.91. The Morgan fingerprint density at radius 2 is 1.90 bits per heavy atom. The number of aliphatic hydroxyl groups is 1. The van der Waals surface area contributed by atoms with Gasteiger partial charge in [0.1, 0.15) is 5.82 Å². The number of halogens is 2. The first-order valence-electron chi connectivity index (χ1n) is 6.09. The smallest absolute Gasteiger partial charge is 0.272 e. The molecule has 1 atom stereocenters. The molecule has 0 saturated heterocycles. The maximum absolute atomic E-state index is 13.6. The van der Waals surface area contributed by atoms with E-state index in [2.05, 4.69) is 5.32 Å². The Kier molecular flexibility index (Phi) is 4.44. The summed E-state index contributed by atoms with van der Waals surface area (Å²) in [5.41, 5.74) is -0.281. The van der Waals surface area contributed by atoms with E-state index in [-0.39, 0.29) is 23.5 Å². The number of nitro groups is 1. The van der Waals surface area contributed by atoms with Crippen molar-refractivity contribution in [2.75, 3.05) is 11.9 Å². The van der Waals surface area contributed by atoms with Crippen LogP contribution in [-0.2, 0) is 0 Å². The molecule has 7 heteroatoms. The Bertz CT molecular complexity index is 664. The van der Waals surface area contributed by atoms with Crippen LogP contribution in [0.15, 0.2) is 42.5 Å². The van der Waals surface area contributed by atoms with Gasteiger partial charge < -0.3 is 10.4 Å². The van der Waals surface area contributed by atoms with E-state index in [1.807, 2.05) is 0 Å². The molecule has 2 aromatic rings. The predicted octanol–water partition coefficient (Wildman–Crippen LogP) is 3.02. The SMILES string of the molecule is O=[N+]([O-])c1ccc(NCC(O)c2ccccc2F)c(F)c1. The monoisotopic (exact) mass is 294 g/mol. The first kappa shape index (κ1) is 14.9. The van der Waals surface area contributed by atoms with Crippen LogP contribution in [0.1, 0.15) is 11.7 Å². The molecule has 110 valence electrons. The average Bonchev–Trinajstić information content (AvgIpc) is 2.46. The van der Waals surface area contributed by atoms with Crippen LogP contribution in [0.5, 0.6) is 0 Å². The number of aliphatic hydroxyl groups excluding tert-OH is 1. The van der Waals surface area contributed by atoms with E-state index in [1.54, 1.807) is 6.07 Å². The van der Waals surface area contributed by atoms with E-state index in [1.165, 1.54) is 24.3 Å². The lowest BCUT2D eigenvalue weighted by Crippen LogP contribution is -2.14. The summed E-state index contributed by atoms with van der Waals surface area (Å²) >= 11 is 0. The highest BCUT2D eigenvalue weighted by Gasteiger charge is 2.14. The van der Waals surface area contributed by atoms with E-state index in [9.17, 15) is 24.0 Å². The normalized spacial score (nSPS) is 12.0. The molecule has 21 heavy (non-hydrogen) atoms. The molecule has 0 spiro atoms. The molecule has 0 aliphatic rings. The summed E-state index contributed by atoms with van der Waals surface area (Å²) in [6.07, 6.45) is -1.17. The summed E-state index contributed by atoms with van der Waals surface area (Å²) in [6, 6.07) is 8.82. The van der Waals surface area contributed by atoms with E-state index in [0.29, 0.717) is 0 Å². The maximum Gasteiger partial charge on any atom is 0.272 e. The topological polar surface area (TPSA) is 75.4 Å². The van der Waals surface area contributed by atoms with Crippen molar-refractivity contribution in [3.05, 3.63) is 69.8 Å². The van der Waals surface area contributed by atoms with Crippen molar-refractivity contribution in [1.82, 2.24) is 0 Å². The van der Waals surface area contributed by atoms with E-state index >= 15 is 0 Å². The summed E-state index contributed by atoms with van der Waals surface area (Å²) in [5.74, 6) is -1.37. The summed E-state index contributed by atoms with van der Waals surface area (Å²) in [5, 5.41) is 22.9. The van der Waals surface area contributed by atoms with Gasteiger partial charge in [0.25, 0.3) is 5.69 Å². The molecule has 0 aliphatic heterocycles. The summed E-state index contributed by atoms with van der Waals surface area (Å²) in [6.45, 7) is -0.129. The lowest BCUT2D eigenvalue weighted by Gasteiger charge is -2.14. The fourth-order valence-electron chi connectivity index (χ4n) is 1.82. The van der Waals surface area contributed by atoms with Crippen molar-refractivity contribution < 1.29 is 18.8 Å². The molecule has 0 aliphatic carbocycles. The van der Waals surface area contributed by atoms with Crippen molar-refractivity contribution in [2.45, 2.75) is 6.10 Å². The molecular weight excluding hydrogens is 282 g/mol. The summed E-state index contributed by atoms with van der Waals surface area (Å²) in [7, 11) is 0. The number of anilines is 1.